The number of carbonyl (C=O) groups is 1. The smallest absolute Gasteiger partial charge is 0.237 e. The first-order chi connectivity index (χ1) is 7.29. The number of likely N-dealkylation sites (tertiary alicyclic amines) is 1. The Labute approximate surface area is 99.6 Å². The highest BCUT2D eigenvalue weighted by Gasteiger charge is 2.27. The van der Waals surface area contributed by atoms with Gasteiger partial charge in [-0.1, -0.05) is 6.92 Å². The molecule has 1 N–H and O–H groups in total. The Kier molecular flexibility index (Phi) is 4.36. The summed E-state index contributed by atoms with van der Waals surface area (Å²) in [7, 11) is 0. The number of nitrogens with one attached hydrogen (secondary N) is 1. The quantitative estimate of drug-likeness (QED) is 0.781. The molecule has 1 aliphatic rings. The molecule has 2 unspecified atom stereocenters. The largest absolute Gasteiger partial charge is 0.350 e. The molecule has 3 nitrogen and oxygen atoms in total. The molecule has 16 heavy (non-hydrogen) atoms. The fourth-order valence-electron chi connectivity index (χ4n) is 2.22. The van der Waals surface area contributed by atoms with Crippen LogP contribution in [0.2, 0.25) is 0 Å². The molecule has 0 aromatic rings. The molecule has 1 aliphatic heterocycles. The van der Waals surface area contributed by atoms with Gasteiger partial charge in [0.2, 0.25) is 5.91 Å². The first-order valence-electron chi connectivity index (χ1n) is 6.35. The van der Waals surface area contributed by atoms with Crippen molar-refractivity contribution in [3.8, 4) is 0 Å². The lowest BCUT2D eigenvalue weighted by molar-refractivity contribution is -0.128. The molecule has 0 bridgehead atoms. The Morgan fingerprint density at radius 3 is 2.56 bits per heavy atom. The second kappa shape index (κ2) is 5.17. The van der Waals surface area contributed by atoms with Crippen molar-refractivity contribution in [1.29, 1.82) is 0 Å². The molecule has 1 amide bonds. The van der Waals surface area contributed by atoms with Crippen molar-refractivity contribution in [3.63, 3.8) is 0 Å². The molecule has 0 aromatic heterocycles. The van der Waals surface area contributed by atoms with Crippen molar-refractivity contribution in [2.75, 3.05) is 13.1 Å². The molecule has 2 atom stereocenters. The first kappa shape index (κ1) is 13.5. The predicted octanol–water partition coefficient (Wildman–Crippen LogP) is 2.02. The van der Waals surface area contributed by atoms with Crippen molar-refractivity contribution in [2.45, 2.75) is 59.0 Å². The van der Waals surface area contributed by atoms with Crippen LogP contribution in [-0.4, -0.2) is 35.5 Å². The maximum Gasteiger partial charge on any atom is 0.237 e. The molecule has 94 valence electrons. The number of carbonyl (C=O) groups excluding carboxylic acids is 1. The van der Waals surface area contributed by atoms with Gasteiger partial charge in [-0.2, -0.15) is 0 Å². The van der Waals surface area contributed by atoms with Crippen LogP contribution in [0.15, 0.2) is 0 Å². The number of piperidine rings is 1. The van der Waals surface area contributed by atoms with E-state index in [2.05, 4.69) is 17.1 Å². The second-order valence-corrected chi connectivity index (χ2v) is 6.16. The van der Waals surface area contributed by atoms with Crippen LogP contribution in [0.25, 0.3) is 0 Å². The van der Waals surface area contributed by atoms with E-state index in [-0.39, 0.29) is 17.5 Å². The van der Waals surface area contributed by atoms with E-state index in [0.29, 0.717) is 0 Å². The van der Waals surface area contributed by atoms with Gasteiger partial charge in [0.25, 0.3) is 0 Å². The zero-order valence-electron chi connectivity index (χ0n) is 11.3. The van der Waals surface area contributed by atoms with Gasteiger partial charge in [0.1, 0.15) is 0 Å². The predicted molar refractivity (Wildman–Crippen MR) is 67.3 cm³/mol. The van der Waals surface area contributed by atoms with Crippen LogP contribution in [0.1, 0.15) is 47.5 Å². The Balaban J connectivity index is 2.49. The van der Waals surface area contributed by atoms with Crippen LogP contribution in [0, 0.1) is 5.92 Å². The van der Waals surface area contributed by atoms with Gasteiger partial charge in [0.15, 0.2) is 0 Å². The Bertz CT molecular complexity index is 245. The summed E-state index contributed by atoms with van der Waals surface area (Å²) in [5.74, 6) is 0.875. The number of rotatable bonds is 2. The summed E-state index contributed by atoms with van der Waals surface area (Å²) in [5, 5.41) is 3.05. The molecule has 3 heteroatoms. The summed E-state index contributed by atoms with van der Waals surface area (Å²) < 4.78 is 0. The number of hydrogen-bond donors (Lipinski definition) is 1. The van der Waals surface area contributed by atoms with E-state index >= 15 is 0 Å². The normalized spacial score (nSPS) is 25.2. The molecule has 1 rings (SSSR count). The summed E-state index contributed by atoms with van der Waals surface area (Å²) in [5.41, 5.74) is -0.132. The van der Waals surface area contributed by atoms with E-state index < -0.39 is 0 Å². The minimum Gasteiger partial charge on any atom is -0.350 e. The lowest BCUT2D eigenvalue weighted by Gasteiger charge is -2.36. The number of nitrogens with zero attached hydrogens (tertiary/aromatic N) is 1. The van der Waals surface area contributed by atoms with Crippen molar-refractivity contribution in [3.05, 3.63) is 0 Å². The Hall–Kier alpha value is -0.570. The molecule has 0 aliphatic carbocycles. The van der Waals surface area contributed by atoms with Crippen LogP contribution < -0.4 is 5.32 Å². The zero-order valence-corrected chi connectivity index (χ0v) is 11.3. The summed E-state index contributed by atoms with van der Waals surface area (Å²) in [6, 6.07) is 0.00183. The third-order valence-corrected chi connectivity index (χ3v) is 3.11. The maximum absolute atomic E-state index is 12.0. The molecule has 0 saturated carbocycles. The monoisotopic (exact) mass is 226 g/mol. The van der Waals surface area contributed by atoms with Crippen LogP contribution >= 0.6 is 0 Å². The Morgan fingerprint density at radius 2 is 2.06 bits per heavy atom. The van der Waals surface area contributed by atoms with Gasteiger partial charge < -0.3 is 5.32 Å². The van der Waals surface area contributed by atoms with E-state index in [0.717, 1.165) is 19.0 Å². The second-order valence-electron chi connectivity index (χ2n) is 6.16. The molecule has 0 radical (unpaired) electrons. The number of hydrogen-bond acceptors (Lipinski definition) is 2. The van der Waals surface area contributed by atoms with Gasteiger partial charge in [-0.15, -0.1) is 0 Å². The van der Waals surface area contributed by atoms with E-state index in [1.54, 1.807) is 0 Å². The molecule has 1 saturated heterocycles. The first-order valence-corrected chi connectivity index (χ1v) is 6.35. The summed E-state index contributed by atoms with van der Waals surface area (Å²) in [4.78, 5) is 14.3. The van der Waals surface area contributed by atoms with Gasteiger partial charge in [-0.3, -0.25) is 9.69 Å². The summed E-state index contributed by atoms with van der Waals surface area (Å²) in [6.45, 7) is 12.5. The lowest BCUT2D eigenvalue weighted by Crippen LogP contribution is -2.52. The topological polar surface area (TPSA) is 32.3 Å². The van der Waals surface area contributed by atoms with Crippen molar-refractivity contribution in [2.24, 2.45) is 5.92 Å². The van der Waals surface area contributed by atoms with Crippen molar-refractivity contribution >= 4 is 5.91 Å². The van der Waals surface area contributed by atoms with Crippen LogP contribution in [0.3, 0.4) is 0 Å². The van der Waals surface area contributed by atoms with Gasteiger partial charge in [0.05, 0.1) is 6.04 Å². The van der Waals surface area contributed by atoms with Crippen molar-refractivity contribution in [1.82, 2.24) is 10.2 Å². The zero-order chi connectivity index (χ0) is 12.3. The van der Waals surface area contributed by atoms with E-state index in [9.17, 15) is 4.79 Å². The highest BCUT2D eigenvalue weighted by molar-refractivity contribution is 5.81. The van der Waals surface area contributed by atoms with Gasteiger partial charge >= 0.3 is 0 Å². The van der Waals surface area contributed by atoms with Crippen LogP contribution in [0.4, 0.5) is 0 Å². The maximum atomic E-state index is 12.0. The number of amides is 1. The van der Waals surface area contributed by atoms with Crippen molar-refractivity contribution < 1.29 is 4.79 Å². The van der Waals surface area contributed by atoms with Gasteiger partial charge in [-0.25, -0.2) is 0 Å². The highest BCUT2D eigenvalue weighted by Crippen LogP contribution is 2.18. The van der Waals surface area contributed by atoms with E-state index in [1.165, 1.54) is 12.8 Å². The van der Waals surface area contributed by atoms with Gasteiger partial charge in [0, 0.05) is 12.1 Å². The standard InChI is InChI=1S/C13H26N2O/c1-10-7-6-8-15(9-10)11(2)12(16)14-13(3,4)5/h10-11H,6-9H2,1-5H3,(H,14,16). The molecular formula is C13H26N2O. The third-order valence-electron chi connectivity index (χ3n) is 3.11. The molecular weight excluding hydrogens is 200 g/mol. The fraction of sp³-hybridized carbons (Fsp3) is 0.923. The SMILES string of the molecule is CC1CCCN(C(C)C(=O)NC(C)(C)C)C1. The molecule has 1 heterocycles. The minimum absolute atomic E-state index is 0.00183. The average molecular weight is 226 g/mol. The van der Waals surface area contributed by atoms with E-state index in [4.69, 9.17) is 0 Å². The van der Waals surface area contributed by atoms with Crippen LogP contribution in [-0.2, 0) is 4.79 Å². The van der Waals surface area contributed by atoms with E-state index in [1.807, 2.05) is 27.7 Å². The van der Waals surface area contributed by atoms with Crippen LogP contribution in [0.5, 0.6) is 0 Å². The summed E-state index contributed by atoms with van der Waals surface area (Å²) in [6.07, 6.45) is 2.51. The minimum atomic E-state index is -0.132. The van der Waals surface area contributed by atoms with Gasteiger partial charge in [-0.05, 0) is 53.0 Å². The molecule has 0 aromatic carbocycles. The molecule has 0 spiro atoms. The Morgan fingerprint density at radius 1 is 1.44 bits per heavy atom. The lowest BCUT2D eigenvalue weighted by atomic mass is 9.98. The fourth-order valence-corrected chi connectivity index (χ4v) is 2.22. The summed E-state index contributed by atoms with van der Waals surface area (Å²) >= 11 is 0. The average Bonchev–Trinajstić information content (AvgIpc) is 2.14. The third kappa shape index (κ3) is 4.12. The molecule has 1 fully saturated rings. The highest BCUT2D eigenvalue weighted by atomic mass is 16.2.